The quantitative estimate of drug-likeness (QED) is 0.0369. The predicted octanol–water partition coefficient (Wildman–Crippen LogP) is 13.8. The molecule has 3 atom stereocenters. The monoisotopic (exact) mass is 748 g/mol. The lowest BCUT2D eigenvalue weighted by atomic mass is 10.0. The van der Waals surface area contributed by atoms with Gasteiger partial charge in [-0.1, -0.05) is 231 Å². The van der Waals surface area contributed by atoms with E-state index in [9.17, 15) is 20.1 Å². The molecule has 53 heavy (non-hydrogen) atoms. The van der Waals surface area contributed by atoms with Gasteiger partial charge in [-0.25, -0.2) is 0 Å². The minimum absolute atomic E-state index is 0.312. The van der Waals surface area contributed by atoms with Crippen molar-refractivity contribution < 1.29 is 20.1 Å². The molecule has 0 aliphatic heterocycles. The molecule has 0 aliphatic rings. The summed E-state index contributed by atoms with van der Waals surface area (Å²) in [6, 6.07) is -0.709. The van der Waals surface area contributed by atoms with Crippen molar-refractivity contribution in [1.82, 2.24) is 5.32 Å². The Hall–Kier alpha value is -1.17. The summed E-state index contributed by atoms with van der Waals surface area (Å²) in [5, 5.41) is 33.3. The van der Waals surface area contributed by atoms with Crippen LogP contribution in [0.4, 0.5) is 0 Å². The Morgan fingerprint density at radius 3 is 1.13 bits per heavy atom. The van der Waals surface area contributed by atoms with Crippen molar-refractivity contribution in [2.45, 2.75) is 270 Å². The highest BCUT2D eigenvalue weighted by Crippen LogP contribution is 2.16. The molecular formula is C48H93NO4. The molecule has 0 saturated heterocycles. The van der Waals surface area contributed by atoms with Crippen LogP contribution in [0, 0.1) is 0 Å². The van der Waals surface area contributed by atoms with Gasteiger partial charge in [-0.2, -0.15) is 0 Å². The zero-order chi connectivity index (χ0) is 38.7. The number of hydrogen-bond acceptors (Lipinski definition) is 4. The molecular weight excluding hydrogens is 655 g/mol. The first-order valence-corrected chi connectivity index (χ1v) is 23.6. The summed E-state index contributed by atoms with van der Waals surface area (Å²) in [5.41, 5.74) is 0. The Balaban J connectivity index is 3.54. The van der Waals surface area contributed by atoms with Crippen LogP contribution in [0.25, 0.3) is 0 Å². The lowest BCUT2D eigenvalue weighted by molar-refractivity contribution is -0.131. The minimum Gasteiger partial charge on any atom is -0.394 e. The van der Waals surface area contributed by atoms with Gasteiger partial charge in [0, 0.05) is 0 Å². The molecule has 0 radical (unpaired) electrons. The minimum atomic E-state index is -1.07. The van der Waals surface area contributed by atoms with E-state index in [0.717, 1.165) is 38.5 Å². The van der Waals surface area contributed by atoms with Crippen molar-refractivity contribution in [1.29, 1.82) is 0 Å². The van der Waals surface area contributed by atoms with Crippen molar-refractivity contribution in [2.75, 3.05) is 6.61 Å². The number of aliphatic hydroxyl groups excluding tert-OH is 3. The summed E-state index contributed by atoms with van der Waals surface area (Å²) < 4.78 is 0. The summed E-state index contributed by atoms with van der Waals surface area (Å²) >= 11 is 0. The highest BCUT2D eigenvalue weighted by atomic mass is 16.3. The molecule has 0 spiro atoms. The first kappa shape index (κ1) is 51.8. The van der Waals surface area contributed by atoms with E-state index in [1.807, 2.05) is 0 Å². The standard InChI is InChI=1S/C48H93NO4/c1-3-5-7-9-11-13-15-16-17-18-19-20-21-22-23-24-25-26-27-28-29-30-31-33-35-37-39-41-43-47(52)48(53)49-45(44-50)46(51)42-40-38-36-34-32-14-12-10-8-6-4-2/h19-20,22-23,45-47,50-52H,3-18,21,24-44H2,1-2H3,(H,49,53)/b20-19-,23-22-. The molecule has 314 valence electrons. The van der Waals surface area contributed by atoms with Crippen molar-refractivity contribution in [3.05, 3.63) is 24.3 Å². The summed E-state index contributed by atoms with van der Waals surface area (Å²) in [4.78, 5) is 12.5. The summed E-state index contributed by atoms with van der Waals surface area (Å²) in [5.74, 6) is -0.471. The first-order chi connectivity index (χ1) is 26.1. The van der Waals surface area contributed by atoms with Gasteiger partial charge in [0.25, 0.3) is 0 Å². The maximum absolute atomic E-state index is 12.5. The van der Waals surface area contributed by atoms with Crippen LogP contribution in [-0.2, 0) is 4.79 Å². The highest BCUT2D eigenvalue weighted by molar-refractivity contribution is 5.80. The van der Waals surface area contributed by atoms with Gasteiger partial charge in [-0.05, 0) is 44.9 Å². The topological polar surface area (TPSA) is 89.8 Å². The van der Waals surface area contributed by atoms with Crippen molar-refractivity contribution in [3.8, 4) is 0 Å². The van der Waals surface area contributed by atoms with Gasteiger partial charge in [0.05, 0.1) is 18.8 Å². The molecule has 3 unspecified atom stereocenters. The fourth-order valence-electron chi connectivity index (χ4n) is 7.34. The Bertz CT molecular complexity index is 784. The SMILES string of the molecule is CCCCCCCCCCC/C=C\C/C=C\CCCCCCCCCCCCCCC(O)C(=O)NC(CO)C(O)CCCCCCCCCCCCC. The van der Waals surface area contributed by atoms with Crippen LogP contribution >= 0.6 is 0 Å². The molecule has 0 rings (SSSR count). The number of aliphatic hydroxyl groups is 3. The highest BCUT2D eigenvalue weighted by Gasteiger charge is 2.23. The van der Waals surface area contributed by atoms with Gasteiger partial charge in [0.1, 0.15) is 6.10 Å². The molecule has 0 heterocycles. The van der Waals surface area contributed by atoms with Crippen LogP contribution in [0.1, 0.15) is 251 Å². The number of nitrogens with one attached hydrogen (secondary N) is 1. The normalized spacial score (nSPS) is 13.7. The van der Waals surface area contributed by atoms with Crippen LogP contribution < -0.4 is 5.32 Å². The van der Waals surface area contributed by atoms with Crippen LogP contribution in [0.5, 0.6) is 0 Å². The third-order valence-corrected chi connectivity index (χ3v) is 11.1. The summed E-state index contributed by atoms with van der Waals surface area (Å²) in [6.45, 7) is 4.23. The number of allylic oxidation sites excluding steroid dienone is 4. The lowest BCUT2D eigenvalue weighted by Crippen LogP contribution is -2.49. The average Bonchev–Trinajstić information content (AvgIpc) is 3.16. The van der Waals surface area contributed by atoms with Crippen LogP contribution in [0.2, 0.25) is 0 Å². The number of carbonyl (C=O) groups is 1. The van der Waals surface area contributed by atoms with Crippen molar-refractivity contribution in [2.24, 2.45) is 0 Å². The van der Waals surface area contributed by atoms with E-state index >= 15 is 0 Å². The number of carbonyl (C=O) groups excluding carboxylic acids is 1. The van der Waals surface area contributed by atoms with E-state index in [0.29, 0.717) is 12.8 Å². The third-order valence-electron chi connectivity index (χ3n) is 11.1. The molecule has 0 aromatic heterocycles. The fraction of sp³-hybridized carbons (Fsp3) is 0.896. The summed E-state index contributed by atoms with van der Waals surface area (Å²) in [7, 11) is 0. The molecule has 5 heteroatoms. The second-order valence-electron chi connectivity index (χ2n) is 16.3. The average molecular weight is 748 g/mol. The van der Waals surface area contributed by atoms with Gasteiger partial charge in [-0.3, -0.25) is 4.79 Å². The molecule has 0 bridgehead atoms. The number of amides is 1. The number of unbranched alkanes of at least 4 members (excludes halogenated alkanes) is 31. The largest absolute Gasteiger partial charge is 0.394 e. The molecule has 0 aromatic carbocycles. The van der Waals surface area contributed by atoms with Crippen LogP contribution in [0.3, 0.4) is 0 Å². The van der Waals surface area contributed by atoms with E-state index in [4.69, 9.17) is 0 Å². The van der Waals surface area contributed by atoms with Gasteiger partial charge < -0.3 is 20.6 Å². The Labute approximate surface area is 331 Å². The van der Waals surface area contributed by atoms with E-state index < -0.39 is 24.2 Å². The van der Waals surface area contributed by atoms with Crippen molar-refractivity contribution >= 4 is 5.91 Å². The second kappa shape index (κ2) is 43.6. The molecule has 1 amide bonds. The molecule has 0 aliphatic carbocycles. The third kappa shape index (κ3) is 38.9. The Kier molecular flexibility index (Phi) is 42.6. The smallest absolute Gasteiger partial charge is 0.249 e. The Morgan fingerprint density at radius 1 is 0.453 bits per heavy atom. The molecule has 4 N–H and O–H groups in total. The first-order valence-electron chi connectivity index (χ1n) is 23.6. The molecule has 5 nitrogen and oxygen atoms in total. The number of hydrogen-bond donors (Lipinski definition) is 4. The predicted molar refractivity (Wildman–Crippen MR) is 231 cm³/mol. The molecule has 0 saturated carbocycles. The van der Waals surface area contributed by atoms with Crippen LogP contribution in [-0.4, -0.2) is 46.1 Å². The van der Waals surface area contributed by atoms with E-state index in [1.165, 1.54) is 186 Å². The lowest BCUT2D eigenvalue weighted by Gasteiger charge is -2.23. The van der Waals surface area contributed by atoms with Gasteiger partial charge in [-0.15, -0.1) is 0 Å². The fourth-order valence-corrected chi connectivity index (χ4v) is 7.34. The maximum Gasteiger partial charge on any atom is 0.249 e. The molecule has 0 fully saturated rings. The maximum atomic E-state index is 12.5. The Morgan fingerprint density at radius 2 is 0.774 bits per heavy atom. The van der Waals surface area contributed by atoms with Gasteiger partial charge in [0.2, 0.25) is 5.91 Å². The van der Waals surface area contributed by atoms with E-state index in [2.05, 4.69) is 43.5 Å². The molecule has 0 aromatic rings. The number of rotatable bonds is 43. The van der Waals surface area contributed by atoms with E-state index in [-0.39, 0.29) is 6.61 Å². The van der Waals surface area contributed by atoms with Crippen molar-refractivity contribution in [3.63, 3.8) is 0 Å². The zero-order valence-electron chi connectivity index (χ0n) is 35.7. The van der Waals surface area contributed by atoms with E-state index in [1.54, 1.807) is 0 Å². The van der Waals surface area contributed by atoms with Gasteiger partial charge >= 0.3 is 0 Å². The van der Waals surface area contributed by atoms with Gasteiger partial charge in [0.15, 0.2) is 0 Å². The summed E-state index contributed by atoms with van der Waals surface area (Å²) in [6.07, 6.45) is 53.4. The zero-order valence-corrected chi connectivity index (χ0v) is 35.7. The second-order valence-corrected chi connectivity index (χ2v) is 16.3. The van der Waals surface area contributed by atoms with Crippen LogP contribution in [0.15, 0.2) is 24.3 Å².